The van der Waals surface area contributed by atoms with Gasteiger partial charge in [-0.3, -0.25) is 5.10 Å². The van der Waals surface area contributed by atoms with Crippen molar-refractivity contribution in [2.75, 3.05) is 0 Å². The predicted octanol–water partition coefficient (Wildman–Crippen LogP) is 3.45. The molecule has 0 atom stereocenters. The Bertz CT molecular complexity index is 978. The van der Waals surface area contributed by atoms with Gasteiger partial charge in [0.1, 0.15) is 11.4 Å². The van der Waals surface area contributed by atoms with Crippen LogP contribution in [0.1, 0.15) is 0 Å². The molecule has 0 aliphatic rings. The molecule has 4 rings (SSSR count). The molecule has 4 nitrogen and oxygen atoms in total. The van der Waals surface area contributed by atoms with E-state index in [9.17, 15) is 8.78 Å². The molecule has 2 aromatic heterocycles. The number of nitrogens with one attached hydrogen (secondary N) is 1. The van der Waals surface area contributed by atoms with E-state index in [-0.39, 0.29) is 0 Å². The summed E-state index contributed by atoms with van der Waals surface area (Å²) in [6, 6.07) is 11.5. The maximum absolute atomic E-state index is 13.4. The summed E-state index contributed by atoms with van der Waals surface area (Å²) < 4.78 is 26.6. The van der Waals surface area contributed by atoms with E-state index in [2.05, 4.69) is 20.4 Å². The van der Waals surface area contributed by atoms with Crippen molar-refractivity contribution in [2.24, 2.45) is 0 Å². The standard InChI is InChI=1S/C15H8F2N4/c16-10-6-9-13(7-11(10)17)19-21-15(9)14-5-8-3-1-2-4-12(8)18-20-14/h1-7H,(H,19,21). The van der Waals surface area contributed by atoms with Crippen molar-refractivity contribution >= 4 is 21.8 Å². The SMILES string of the molecule is Fc1cc2[nH]nc(-c3cc4ccccc4nn3)c2cc1F. The third-order valence-corrected chi connectivity index (χ3v) is 3.34. The average molecular weight is 282 g/mol. The second-order valence-corrected chi connectivity index (χ2v) is 4.67. The first-order chi connectivity index (χ1) is 10.2. The van der Waals surface area contributed by atoms with E-state index in [1.54, 1.807) is 0 Å². The van der Waals surface area contributed by atoms with Gasteiger partial charge in [0.2, 0.25) is 0 Å². The lowest BCUT2D eigenvalue weighted by molar-refractivity contribution is 0.511. The summed E-state index contributed by atoms with van der Waals surface area (Å²) in [4.78, 5) is 0. The molecule has 0 bridgehead atoms. The van der Waals surface area contributed by atoms with Crippen LogP contribution < -0.4 is 0 Å². The predicted molar refractivity (Wildman–Crippen MR) is 74.5 cm³/mol. The highest BCUT2D eigenvalue weighted by Gasteiger charge is 2.14. The van der Waals surface area contributed by atoms with E-state index >= 15 is 0 Å². The van der Waals surface area contributed by atoms with Crippen molar-refractivity contribution in [3.05, 3.63) is 54.1 Å². The van der Waals surface area contributed by atoms with Crippen LogP contribution in [0.25, 0.3) is 33.2 Å². The van der Waals surface area contributed by atoms with Crippen LogP contribution in [0, 0.1) is 11.6 Å². The monoisotopic (exact) mass is 282 g/mol. The van der Waals surface area contributed by atoms with Gasteiger partial charge in [-0.05, 0) is 18.2 Å². The molecule has 0 spiro atoms. The average Bonchev–Trinajstić information content (AvgIpc) is 2.90. The molecule has 6 heteroatoms. The summed E-state index contributed by atoms with van der Waals surface area (Å²) in [6.07, 6.45) is 0. The third-order valence-electron chi connectivity index (χ3n) is 3.34. The van der Waals surface area contributed by atoms with Crippen molar-refractivity contribution in [1.29, 1.82) is 0 Å². The largest absolute Gasteiger partial charge is 0.277 e. The molecular formula is C15H8F2N4. The first-order valence-electron chi connectivity index (χ1n) is 6.28. The number of fused-ring (bicyclic) bond motifs is 2. The molecule has 2 heterocycles. The van der Waals surface area contributed by atoms with Crippen LogP contribution in [-0.2, 0) is 0 Å². The van der Waals surface area contributed by atoms with Crippen LogP contribution in [0.2, 0.25) is 0 Å². The summed E-state index contributed by atoms with van der Waals surface area (Å²) >= 11 is 0. The molecule has 0 fully saturated rings. The van der Waals surface area contributed by atoms with Gasteiger partial charge in [0.15, 0.2) is 11.6 Å². The van der Waals surface area contributed by atoms with E-state index in [0.717, 1.165) is 23.0 Å². The molecular weight excluding hydrogens is 274 g/mol. The Hall–Kier alpha value is -2.89. The van der Waals surface area contributed by atoms with E-state index in [1.807, 2.05) is 30.3 Å². The van der Waals surface area contributed by atoms with Crippen LogP contribution in [-0.4, -0.2) is 20.4 Å². The summed E-state index contributed by atoms with van der Waals surface area (Å²) in [5.74, 6) is -1.83. The fraction of sp³-hybridized carbons (Fsp3) is 0. The van der Waals surface area contributed by atoms with E-state index < -0.39 is 11.6 Å². The lowest BCUT2D eigenvalue weighted by atomic mass is 10.1. The van der Waals surface area contributed by atoms with Crippen LogP contribution in [0.5, 0.6) is 0 Å². The zero-order valence-electron chi connectivity index (χ0n) is 10.6. The highest BCUT2D eigenvalue weighted by Crippen LogP contribution is 2.27. The van der Waals surface area contributed by atoms with Crippen LogP contribution in [0.15, 0.2) is 42.5 Å². The van der Waals surface area contributed by atoms with Crippen LogP contribution >= 0.6 is 0 Å². The number of hydrogen-bond donors (Lipinski definition) is 1. The summed E-state index contributed by atoms with van der Waals surface area (Å²) in [6.45, 7) is 0. The van der Waals surface area contributed by atoms with Crippen molar-refractivity contribution in [2.45, 2.75) is 0 Å². The van der Waals surface area contributed by atoms with Crippen LogP contribution in [0.4, 0.5) is 8.78 Å². The molecule has 2 aromatic carbocycles. The van der Waals surface area contributed by atoms with Crippen LogP contribution in [0.3, 0.4) is 0 Å². The fourth-order valence-electron chi connectivity index (χ4n) is 2.31. The van der Waals surface area contributed by atoms with Gasteiger partial charge < -0.3 is 0 Å². The smallest absolute Gasteiger partial charge is 0.160 e. The van der Waals surface area contributed by atoms with E-state index in [1.165, 1.54) is 0 Å². The van der Waals surface area contributed by atoms with Gasteiger partial charge in [0.25, 0.3) is 0 Å². The fourth-order valence-corrected chi connectivity index (χ4v) is 2.31. The molecule has 0 unspecified atom stereocenters. The number of benzene rings is 2. The van der Waals surface area contributed by atoms with Gasteiger partial charge in [-0.2, -0.15) is 5.10 Å². The first kappa shape index (κ1) is 11.9. The van der Waals surface area contributed by atoms with Gasteiger partial charge in [-0.15, -0.1) is 10.2 Å². The Labute approximate surface area is 117 Å². The van der Waals surface area contributed by atoms with Crippen molar-refractivity contribution in [3.63, 3.8) is 0 Å². The molecule has 102 valence electrons. The van der Waals surface area contributed by atoms with E-state index in [4.69, 9.17) is 0 Å². The van der Waals surface area contributed by atoms with Gasteiger partial charge >= 0.3 is 0 Å². The Morgan fingerprint density at radius 2 is 1.71 bits per heavy atom. The number of halogens is 2. The number of rotatable bonds is 1. The Morgan fingerprint density at radius 1 is 0.905 bits per heavy atom. The molecule has 0 aliphatic carbocycles. The number of aromatic amines is 1. The zero-order valence-corrected chi connectivity index (χ0v) is 10.6. The minimum atomic E-state index is -0.918. The minimum absolute atomic E-state index is 0.416. The lowest BCUT2D eigenvalue weighted by Crippen LogP contribution is -1.90. The first-order valence-corrected chi connectivity index (χ1v) is 6.28. The lowest BCUT2D eigenvalue weighted by Gasteiger charge is -2.00. The normalized spacial score (nSPS) is 11.3. The number of aromatic nitrogens is 4. The molecule has 0 radical (unpaired) electrons. The number of H-pyrrole nitrogens is 1. The third kappa shape index (κ3) is 1.84. The van der Waals surface area contributed by atoms with Gasteiger partial charge in [0, 0.05) is 16.8 Å². The van der Waals surface area contributed by atoms with E-state index in [0.29, 0.717) is 22.3 Å². The van der Waals surface area contributed by atoms with Crippen molar-refractivity contribution in [1.82, 2.24) is 20.4 Å². The quantitative estimate of drug-likeness (QED) is 0.581. The Kier molecular flexibility index (Phi) is 2.44. The summed E-state index contributed by atoms with van der Waals surface area (Å²) in [7, 11) is 0. The maximum Gasteiger partial charge on any atom is 0.160 e. The second-order valence-electron chi connectivity index (χ2n) is 4.67. The number of nitrogens with zero attached hydrogens (tertiary/aromatic N) is 3. The summed E-state index contributed by atoms with van der Waals surface area (Å²) in [5, 5.41) is 16.4. The van der Waals surface area contributed by atoms with Gasteiger partial charge in [-0.25, -0.2) is 8.78 Å². The summed E-state index contributed by atoms with van der Waals surface area (Å²) in [5.41, 5.74) is 2.13. The van der Waals surface area contributed by atoms with Gasteiger partial charge in [-0.1, -0.05) is 18.2 Å². The Morgan fingerprint density at radius 3 is 2.62 bits per heavy atom. The minimum Gasteiger partial charge on any atom is -0.277 e. The molecule has 0 amide bonds. The topological polar surface area (TPSA) is 54.5 Å². The Balaban J connectivity index is 1.97. The molecule has 0 aliphatic heterocycles. The van der Waals surface area contributed by atoms with Crippen molar-refractivity contribution < 1.29 is 8.78 Å². The molecule has 0 saturated carbocycles. The maximum atomic E-state index is 13.4. The van der Waals surface area contributed by atoms with Crippen molar-refractivity contribution in [3.8, 4) is 11.4 Å². The van der Waals surface area contributed by atoms with Gasteiger partial charge in [0.05, 0.1) is 11.0 Å². The highest BCUT2D eigenvalue weighted by molar-refractivity contribution is 5.93. The molecule has 4 aromatic rings. The second kappa shape index (κ2) is 4.31. The number of hydrogen-bond acceptors (Lipinski definition) is 3. The molecule has 0 saturated heterocycles. The highest BCUT2D eigenvalue weighted by atomic mass is 19.2. The molecule has 21 heavy (non-hydrogen) atoms. The molecule has 1 N–H and O–H groups in total. The zero-order chi connectivity index (χ0) is 14.4.